The predicted molar refractivity (Wildman–Crippen MR) is 279 cm³/mol. The molecule has 65 heavy (non-hydrogen) atoms. The second-order valence-corrected chi connectivity index (χ2v) is 18.1. The average Bonchev–Trinajstić information content (AvgIpc) is 3.30. The molecule has 0 aromatic heterocycles. The van der Waals surface area contributed by atoms with Gasteiger partial charge in [-0.1, -0.05) is 222 Å². The smallest absolute Gasteiger partial charge is 0.306 e. The van der Waals surface area contributed by atoms with Gasteiger partial charge in [0.25, 0.3) is 0 Å². The molecule has 0 amide bonds. The molecule has 0 radical (unpaired) electrons. The van der Waals surface area contributed by atoms with Gasteiger partial charge in [0, 0.05) is 19.3 Å². The molecule has 0 saturated heterocycles. The number of hydrogen-bond acceptors (Lipinski definition) is 6. The van der Waals surface area contributed by atoms with Crippen molar-refractivity contribution in [2.75, 3.05) is 13.2 Å². The first-order valence-corrected chi connectivity index (χ1v) is 27.5. The third-order valence-corrected chi connectivity index (χ3v) is 11.7. The van der Waals surface area contributed by atoms with Crippen LogP contribution in [0.1, 0.15) is 265 Å². The standard InChI is InChI=1S/C59H102O6/c1-4-7-10-13-16-19-22-25-28-29-30-31-32-35-37-40-43-46-49-52-58(61)64-55-56(65-59(62)53-50-47-44-41-38-34-27-24-21-18-15-12-9-6-3)54-63-57(60)51-48-45-42-39-36-33-26-23-20-17-14-11-8-5-2/h8-9,11-12,16-22,25,56H,4-7,10,13-15,23-24,26-55H2,1-3H3/b11-8-,12-9-,19-16-,20-17-,21-18-,25-22-. The van der Waals surface area contributed by atoms with Crippen LogP contribution in [0.25, 0.3) is 0 Å². The summed E-state index contributed by atoms with van der Waals surface area (Å²) in [7, 11) is 0. The van der Waals surface area contributed by atoms with E-state index >= 15 is 0 Å². The van der Waals surface area contributed by atoms with Crippen molar-refractivity contribution < 1.29 is 28.6 Å². The fraction of sp³-hybridized carbons (Fsp3) is 0.746. The Morgan fingerprint density at radius 3 is 1.02 bits per heavy atom. The number of esters is 3. The minimum atomic E-state index is -0.784. The summed E-state index contributed by atoms with van der Waals surface area (Å²) < 4.78 is 16.8. The van der Waals surface area contributed by atoms with Gasteiger partial charge < -0.3 is 14.2 Å². The van der Waals surface area contributed by atoms with Crippen LogP contribution < -0.4 is 0 Å². The van der Waals surface area contributed by atoms with Gasteiger partial charge in [0.05, 0.1) is 0 Å². The maximum Gasteiger partial charge on any atom is 0.306 e. The third-order valence-electron chi connectivity index (χ3n) is 11.7. The lowest BCUT2D eigenvalue weighted by atomic mass is 10.1. The Kier molecular flexibility index (Phi) is 50.9. The molecule has 0 rings (SSSR count). The van der Waals surface area contributed by atoms with E-state index < -0.39 is 6.10 Å². The molecule has 1 atom stereocenters. The molecule has 0 bridgehead atoms. The van der Waals surface area contributed by atoms with Gasteiger partial charge in [-0.05, 0) is 96.3 Å². The highest BCUT2D eigenvalue weighted by Gasteiger charge is 2.19. The monoisotopic (exact) mass is 907 g/mol. The number of rotatable bonds is 49. The van der Waals surface area contributed by atoms with E-state index in [2.05, 4.69) is 93.7 Å². The lowest BCUT2D eigenvalue weighted by Crippen LogP contribution is -2.30. The first-order valence-electron chi connectivity index (χ1n) is 27.5. The van der Waals surface area contributed by atoms with Crippen LogP contribution in [0.4, 0.5) is 0 Å². The van der Waals surface area contributed by atoms with Crippen molar-refractivity contribution in [3.63, 3.8) is 0 Å². The van der Waals surface area contributed by atoms with Crippen LogP contribution in [-0.4, -0.2) is 37.2 Å². The van der Waals surface area contributed by atoms with Crippen molar-refractivity contribution in [1.29, 1.82) is 0 Å². The molecule has 0 aliphatic rings. The van der Waals surface area contributed by atoms with Crippen molar-refractivity contribution in [2.45, 2.75) is 271 Å². The first-order chi connectivity index (χ1) is 32.0. The molecule has 6 heteroatoms. The van der Waals surface area contributed by atoms with E-state index in [9.17, 15) is 14.4 Å². The van der Waals surface area contributed by atoms with Crippen molar-refractivity contribution in [1.82, 2.24) is 0 Å². The Hall–Kier alpha value is -3.15. The van der Waals surface area contributed by atoms with Gasteiger partial charge in [0.1, 0.15) is 13.2 Å². The highest BCUT2D eigenvalue weighted by Crippen LogP contribution is 2.15. The topological polar surface area (TPSA) is 78.9 Å². The molecule has 374 valence electrons. The molecule has 0 aromatic rings. The Labute approximate surface area is 402 Å². The summed E-state index contributed by atoms with van der Waals surface area (Å²) in [5.41, 5.74) is 0. The number of unbranched alkanes of at least 4 members (excludes halogenated alkanes) is 27. The van der Waals surface area contributed by atoms with Crippen LogP contribution in [0.5, 0.6) is 0 Å². The summed E-state index contributed by atoms with van der Waals surface area (Å²) in [5, 5.41) is 0. The van der Waals surface area contributed by atoms with Crippen molar-refractivity contribution >= 4 is 17.9 Å². The maximum absolute atomic E-state index is 12.8. The van der Waals surface area contributed by atoms with Crippen LogP contribution in [0.15, 0.2) is 72.9 Å². The third kappa shape index (κ3) is 51.7. The molecule has 6 nitrogen and oxygen atoms in total. The minimum absolute atomic E-state index is 0.0827. The highest BCUT2D eigenvalue weighted by atomic mass is 16.6. The van der Waals surface area contributed by atoms with Crippen LogP contribution in [0.3, 0.4) is 0 Å². The molecule has 0 spiro atoms. The zero-order valence-electron chi connectivity index (χ0n) is 42.7. The van der Waals surface area contributed by atoms with E-state index in [0.29, 0.717) is 19.3 Å². The molecule has 0 heterocycles. The van der Waals surface area contributed by atoms with Gasteiger partial charge in [0.15, 0.2) is 6.10 Å². The number of hydrogen-bond donors (Lipinski definition) is 0. The van der Waals surface area contributed by atoms with Gasteiger partial charge >= 0.3 is 17.9 Å². The van der Waals surface area contributed by atoms with E-state index in [0.717, 1.165) is 96.3 Å². The van der Waals surface area contributed by atoms with E-state index in [4.69, 9.17) is 14.2 Å². The van der Waals surface area contributed by atoms with Crippen LogP contribution in [0, 0.1) is 0 Å². The molecule has 1 unspecified atom stereocenters. The van der Waals surface area contributed by atoms with Crippen molar-refractivity contribution in [3.8, 4) is 0 Å². The summed E-state index contributed by atoms with van der Waals surface area (Å²) in [6.45, 7) is 6.40. The fourth-order valence-corrected chi connectivity index (χ4v) is 7.63. The Morgan fingerprint density at radius 1 is 0.338 bits per heavy atom. The van der Waals surface area contributed by atoms with Gasteiger partial charge in [-0.25, -0.2) is 0 Å². The SMILES string of the molecule is CC/C=C\C/C=C\CCCCCCCCCC(=O)OCC(COC(=O)CCCCCCCCCCCC/C=C\C=C/CCCCC)OC(=O)CCCCCCCCC/C=C\C/C=C\CC. The van der Waals surface area contributed by atoms with E-state index in [-0.39, 0.29) is 31.1 Å². The lowest BCUT2D eigenvalue weighted by molar-refractivity contribution is -0.167. The average molecular weight is 907 g/mol. The number of carbonyl (C=O) groups excluding carboxylic acids is 3. The molecule has 0 saturated carbocycles. The molecular formula is C59H102O6. The van der Waals surface area contributed by atoms with Gasteiger partial charge in [0.2, 0.25) is 0 Å². The van der Waals surface area contributed by atoms with Crippen LogP contribution in [0.2, 0.25) is 0 Å². The second-order valence-electron chi connectivity index (χ2n) is 18.1. The summed E-state index contributed by atoms with van der Waals surface area (Å²) in [5.74, 6) is -0.898. The molecule has 0 N–H and O–H groups in total. The molecule has 0 aliphatic heterocycles. The fourth-order valence-electron chi connectivity index (χ4n) is 7.63. The zero-order chi connectivity index (χ0) is 47.2. The molecular weight excluding hydrogens is 805 g/mol. The highest BCUT2D eigenvalue weighted by molar-refractivity contribution is 5.71. The number of carbonyl (C=O) groups is 3. The quantitative estimate of drug-likeness (QED) is 0.0199. The number of allylic oxidation sites excluding steroid dienone is 12. The Bertz CT molecular complexity index is 1230. The summed E-state index contributed by atoms with van der Waals surface area (Å²) in [6, 6.07) is 0. The molecule has 0 aromatic carbocycles. The zero-order valence-corrected chi connectivity index (χ0v) is 42.7. The maximum atomic E-state index is 12.8. The molecule has 0 fully saturated rings. The predicted octanol–water partition coefficient (Wildman–Crippen LogP) is 18.2. The van der Waals surface area contributed by atoms with Gasteiger partial charge in [-0.15, -0.1) is 0 Å². The van der Waals surface area contributed by atoms with E-state index in [1.54, 1.807) is 0 Å². The first kappa shape index (κ1) is 61.9. The second kappa shape index (κ2) is 53.5. The Morgan fingerprint density at radius 2 is 0.646 bits per heavy atom. The van der Waals surface area contributed by atoms with E-state index in [1.807, 2.05) is 0 Å². The van der Waals surface area contributed by atoms with Gasteiger partial charge in [-0.2, -0.15) is 0 Å². The van der Waals surface area contributed by atoms with Crippen LogP contribution >= 0.6 is 0 Å². The van der Waals surface area contributed by atoms with Crippen LogP contribution in [-0.2, 0) is 28.6 Å². The van der Waals surface area contributed by atoms with Crippen molar-refractivity contribution in [3.05, 3.63) is 72.9 Å². The summed E-state index contributed by atoms with van der Waals surface area (Å²) in [4.78, 5) is 38.1. The minimum Gasteiger partial charge on any atom is -0.462 e. The lowest BCUT2D eigenvalue weighted by Gasteiger charge is -2.18. The van der Waals surface area contributed by atoms with Crippen molar-refractivity contribution in [2.24, 2.45) is 0 Å². The number of ether oxygens (including phenoxy) is 3. The summed E-state index contributed by atoms with van der Waals surface area (Å²) >= 11 is 0. The molecule has 0 aliphatic carbocycles. The van der Waals surface area contributed by atoms with E-state index in [1.165, 1.54) is 128 Å². The Balaban J connectivity index is 4.36. The summed E-state index contributed by atoms with van der Waals surface area (Å²) in [6.07, 6.45) is 67.4. The normalized spacial score (nSPS) is 12.6. The largest absolute Gasteiger partial charge is 0.462 e. The van der Waals surface area contributed by atoms with Gasteiger partial charge in [-0.3, -0.25) is 14.4 Å².